The first-order valence-corrected chi connectivity index (χ1v) is 9.82. The van der Waals surface area contributed by atoms with Crippen LogP contribution in [0.2, 0.25) is 5.02 Å². The Kier molecular flexibility index (Phi) is 4.01. The Morgan fingerprint density at radius 1 is 1.12 bits per heavy atom. The number of halogens is 1. The number of imidazole rings is 1. The van der Waals surface area contributed by atoms with Crippen LogP contribution in [0.15, 0.2) is 59.6 Å². The van der Waals surface area contributed by atoms with Crippen LogP contribution < -0.4 is 4.72 Å². The van der Waals surface area contributed by atoms with Crippen molar-refractivity contribution in [1.29, 1.82) is 0 Å². The van der Waals surface area contributed by atoms with E-state index >= 15 is 0 Å². The Hall–Kier alpha value is -2.31. The third-order valence-corrected chi connectivity index (χ3v) is 5.87. The summed E-state index contributed by atoms with van der Waals surface area (Å²) in [5.41, 5.74) is 2.59. The molecule has 2 heterocycles. The SMILES string of the molecule is O=S(=O)(Nc1ccc(-c2cnc3n2CCC3)cc1)c1cccc(Cl)c1. The number of benzene rings is 2. The largest absolute Gasteiger partial charge is 0.328 e. The normalized spacial score (nSPS) is 13.6. The summed E-state index contributed by atoms with van der Waals surface area (Å²) >= 11 is 5.88. The number of hydrogen-bond acceptors (Lipinski definition) is 3. The first-order valence-electron chi connectivity index (χ1n) is 7.96. The number of rotatable bonds is 4. The van der Waals surface area contributed by atoms with Crippen LogP contribution in [0, 0.1) is 0 Å². The zero-order valence-electron chi connectivity index (χ0n) is 13.3. The second-order valence-corrected chi connectivity index (χ2v) is 8.07. The standard InChI is InChI=1S/C18H16ClN3O2S/c19-14-3-1-4-16(11-14)25(23,24)21-15-8-6-13(7-9-15)17-12-20-18-5-2-10-22(17)18/h1,3-4,6-9,11-12,21H,2,5,10H2. The molecule has 4 rings (SSSR count). The highest BCUT2D eigenvalue weighted by molar-refractivity contribution is 7.92. The number of hydrogen-bond donors (Lipinski definition) is 1. The molecule has 0 atom stereocenters. The van der Waals surface area contributed by atoms with Crippen LogP contribution in [0.3, 0.4) is 0 Å². The van der Waals surface area contributed by atoms with Crippen molar-refractivity contribution >= 4 is 27.3 Å². The summed E-state index contributed by atoms with van der Waals surface area (Å²) in [5.74, 6) is 1.11. The molecule has 1 aliphatic rings. The summed E-state index contributed by atoms with van der Waals surface area (Å²) in [5, 5.41) is 0.382. The molecule has 128 valence electrons. The fraction of sp³-hybridized carbons (Fsp3) is 0.167. The van der Waals surface area contributed by atoms with E-state index in [1.165, 1.54) is 12.1 Å². The highest BCUT2D eigenvalue weighted by Crippen LogP contribution is 2.27. The summed E-state index contributed by atoms with van der Waals surface area (Å²) in [6, 6.07) is 13.5. The lowest BCUT2D eigenvalue weighted by Gasteiger charge is -2.10. The Bertz CT molecular complexity index is 1030. The zero-order valence-corrected chi connectivity index (χ0v) is 14.9. The molecule has 0 unspecified atom stereocenters. The molecule has 0 saturated heterocycles. The fourth-order valence-electron chi connectivity index (χ4n) is 3.05. The van der Waals surface area contributed by atoms with Crippen LogP contribution in [-0.4, -0.2) is 18.0 Å². The van der Waals surface area contributed by atoms with Gasteiger partial charge in [0.1, 0.15) is 5.82 Å². The van der Waals surface area contributed by atoms with E-state index < -0.39 is 10.0 Å². The van der Waals surface area contributed by atoms with Crippen molar-refractivity contribution in [3.05, 3.63) is 65.6 Å². The second kappa shape index (κ2) is 6.20. The van der Waals surface area contributed by atoms with Gasteiger partial charge in [0, 0.05) is 23.7 Å². The number of aromatic nitrogens is 2. The van der Waals surface area contributed by atoms with E-state index in [2.05, 4.69) is 14.3 Å². The van der Waals surface area contributed by atoms with Gasteiger partial charge < -0.3 is 4.57 Å². The topological polar surface area (TPSA) is 64.0 Å². The van der Waals surface area contributed by atoms with Crippen LogP contribution in [0.5, 0.6) is 0 Å². The van der Waals surface area contributed by atoms with Crippen molar-refractivity contribution in [2.24, 2.45) is 0 Å². The van der Waals surface area contributed by atoms with Crippen LogP contribution in [-0.2, 0) is 23.0 Å². The van der Waals surface area contributed by atoms with Gasteiger partial charge in [-0.25, -0.2) is 13.4 Å². The Balaban J connectivity index is 1.58. The van der Waals surface area contributed by atoms with Crippen molar-refractivity contribution in [2.45, 2.75) is 24.3 Å². The minimum absolute atomic E-state index is 0.137. The zero-order chi connectivity index (χ0) is 17.4. The van der Waals surface area contributed by atoms with Gasteiger partial charge in [0.2, 0.25) is 0 Å². The van der Waals surface area contributed by atoms with E-state index in [1.807, 2.05) is 18.3 Å². The molecule has 0 amide bonds. The van der Waals surface area contributed by atoms with Gasteiger partial charge in [0.15, 0.2) is 0 Å². The van der Waals surface area contributed by atoms with Gasteiger partial charge >= 0.3 is 0 Å². The van der Waals surface area contributed by atoms with E-state index in [1.54, 1.807) is 24.3 Å². The maximum Gasteiger partial charge on any atom is 0.261 e. The van der Waals surface area contributed by atoms with Crippen LogP contribution in [0.1, 0.15) is 12.2 Å². The maximum absolute atomic E-state index is 12.4. The molecular weight excluding hydrogens is 358 g/mol. The van der Waals surface area contributed by atoms with E-state index in [9.17, 15) is 8.42 Å². The molecule has 0 fully saturated rings. The Morgan fingerprint density at radius 3 is 2.68 bits per heavy atom. The first-order chi connectivity index (χ1) is 12.0. The van der Waals surface area contributed by atoms with E-state index in [0.29, 0.717) is 10.7 Å². The molecule has 0 radical (unpaired) electrons. The molecule has 0 aliphatic carbocycles. The van der Waals surface area contributed by atoms with E-state index in [-0.39, 0.29) is 4.90 Å². The van der Waals surface area contributed by atoms with Crippen molar-refractivity contribution in [1.82, 2.24) is 9.55 Å². The van der Waals surface area contributed by atoms with Crippen LogP contribution in [0.25, 0.3) is 11.3 Å². The second-order valence-electron chi connectivity index (χ2n) is 5.96. The van der Waals surface area contributed by atoms with Gasteiger partial charge in [-0.1, -0.05) is 29.8 Å². The Morgan fingerprint density at radius 2 is 1.92 bits per heavy atom. The van der Waals surface area contributed by atoms with Crippen molar-refractivity contribution in [2.75, 3.05) is 4.72 Å². The van der Waals surface area contributed by atoms with Gasteiger partial charge in [-0.05, 0) is 42.3 Å². The summed E-state index contributed by atoms with van der Waals surface area (Å²) in [4.78, 5) is 4.58. The molecule has 1 aliphatic heterocycles. The van der Waals surface area contributed by atoms with Crippen molar-refractivity contribution in [3.8, 4) is 11.3 Å². The maximum atomic E-state index is 12.4. The van der Waals surface area contributed by atoms with Gasteiger partial charge in [-0.15, -0.1) is 0 Å². The molecule has 2 aromatic carbocycles. The first kappa shape index (κ1) is 16.2. The lowest BCUT2D eigenvalue weighted by molar-refractivity contribution is 0.601. The molecule has 1 N–H and O–H groups in total. The van der Waals surface area contributed by atoms with Gasteiger partial charge in [-0.3, -0.25) is 4.72 Å². The smallest absolute Gasteiger partial charge is 0.261 e. The van der Waals surface area contributed by atoms with E-state index in [4.69, 9.17) is 11.6 Å². The molecular formula is C18H16ClN3O2S. The third-order valence-electron chi connectivity index (χ3n) is 4.26. The Labute approximate surface area is 151 Å². The lowest BCUT2D eigenvalue weighted by Crippen LogP contribution is -2.12. The fourth-order valence-corrected chi connectivity index (χ4v) is 4.41. The highest BCUT2D eigenvalue weighted by atomic mass is 35.5. The lowest BCUT2D eigenvalue weighted by atomic mass is 10.1. The molecule has 0 spiro atoms. The average molecular weight is 374 g/mol. The summed E-state index contributed by atoms with van der Waals surface area (Å²) < 4.78 is 29.7. The number of nitrogens with one attached hydrogen (secondary N) is 1. The molecule has 5 nitrogen and oxygen atoms in total. The number of aryl methyl sites for hydroxylation is 1. The molecule has 3 aromatic rings. The number of fused-ring (bicyclic) bond motifs is 1. The summed E-state index contributed by atoms with van der Waals surface area (Å²) in [6.07, 6.45) is 4.00. The quantitative estimate of drug-likeness (QED) is 0.753. The highest BCUT2D eigenvalue weighted by Gasteiger charge is 2.17. The monoisotopic (exact) mass is 373 g/mol. The average Bonchev–Trinajstić information content (AvgIpc) is 3.19. The van der Waals surface area contributed by atoms with Gasteiger partial charge in [0.25, 0.3) is 10.0 Å². The number of anilines is 1. The summed E-state index contributed by atoms with van der Waals surface area (Å²) in [7, 11) is -3.66. The molecule has 7 heteroatoms. The molecule has 0 saturated carbocycles. The van der Waals surface area contributed by atoms with Gasteiger partial charge in [0.05, 0.1) is 16.8 Å². The minimum atomic E-state index is -3.66. The molecule has 25 heavy (non-hydrogen) atoms. The molecule has 1 aromatic heterocycles. The number of nitrogens with zero attached hydrogens (tertiary/aromatic N) is 2. The van der Waals surface area contributed by atoms with E-state index in [0.717, 1.165) is 36.5 Å². The predicted octanol–water partition coefficient (Wildman–Crippen LogP) is 3.95. The minimum Gasteiger partial charge on any atom is -0.328 e. The van der Waals surface area contributed by atoms with Gasteiger partial charge in [-0.2, -0.15) is 0 Å². The van der Waals surface area contributed by atoms with Crippen molar-refractivity contribution in [3.63, 3.8) is 0 Å². The predicted molar refractivity (Wildman–Crippen MR) is 98.2 cm³/mol. The van der Waals surface area contributed by atoms with Crippen molar-refractivity contribution < 1.29 is 8.42 Å². The summed E-state index contributed by atoms with van der Waals surface area (Å²) in [6.45, 7) is 0.980. The number of sulfonamides is 1. The molecule has 0 bridgehead atoms. The van der Waals surface area contributed by atoms with Crippen LogP contribution in [0.4, 0.5) is 5.69 Å². The third kappa shape index (κ3) is 3.15. The van der Waals surface area contributed by atoms with Crippen LogP contribution >= 0.6 is 11.6 Å².